The van der Waals surface area contributed by atoms with Crippen molar-refractivity contribution >= 4 is 17.7 Å². The highest BCUT2D eigenvalue weighted by Gasteiger charge is 2.20. The number of nitrogens with zero attached hydrogens (tertiary/aromatic N) is 2. The van der Waals surface area contributed by atoms with Gasteiger partial charge < -0.3 is 24.6 Å². The number of nitro benzene ring substituents is 1. The SMILES string of the molecule is COc1ccc(CCNC(=O)/C(C#N)=C/c2cc(OC)c(O)c([N+](=O)[O-])c2)cc1OC. The molecule has 2 aromatic rings. The molecule has 0 fully saturated rings. The number of nitriles is 1. The number of benzene rings is 2. The third-order valence-electron chi connectivity index (χ3n) is 4.32. The molecule has 0 aromatic heterocycles. The van der Waals surface area contributed by atoms with Crippen molar-refractivity contribution in [2.24, 2.45) is 0 Å². The van der Waals surface area contributed by atoms with Gasteiger partial charge in [-0.15, -0.1) is 0 Å². The van der Waals surface area contributed by atoms with Gasteiger partial charge in [-0.1, -0.05) is 6.07 Å². The van der Waals surface area contributed by atoms with Gasteiger partial charge in [0, 0.05) is 12.6 Å². The van der Waals surface area contributed by atoms with Gasteiger partial charge in [0.2, 0.25) is 5.75 Å². The molecule has 0 radical (unpaired) electrons. The summed E-state index contributed by atoms with van der Waals surface area (Å²) in [4.78, 5) is 22.7. The molecule has 0 aliphatic carbocycles. The molecule has 0 bridgehead atoms. The molecule has 0 unspecified atom stereocenters. The standard InChI is InChI=1S/C21H21N3O7/c1-29-17-5-4-13(10-18(17)30-2)6-7-23-21(26)15(12-22)8-14-9-16(24(27)28)20(25)19(11-14)31-3/h4-5,8-11,25H,6-7H2,1-3H3,(H,23,26)/b15-8+. The Bertz CT molecular complexity index is 1060. The molecular formula is C21H21N3O7. The summed E-state index contributed by atoms with van der Waals surface area (Å²) in [5.41, 5.74) is 0.193. The topological polar surface area (TPSA) is 144 Å². The molecule has 10 heteroatoms. The monoisotopic (exact) mass is 427 g/mol. The molecule has 0 saturated heterocycles. The van der Waals surface area contributed by atoms with E-state index < -0.39 is 22.3 Å². The summed E-state index contributed by atoms with van der Waals surface area (Å²) in [5, 5.41) is 32.9. The Morgan fingerprint density at radius 1 is 1.16 bits per heavy atom. The number of methoxy groups -OCH3 is 3. The van der Waals surface area contributed by atoms with E-state index in [1.165, 1.54) is 33.5 Å². The predicted molar refractivity (Wildman–Crippen MR) is 111 cm³/mol. The zero-order valence-corrected chi connectivity index (χ0v) is 17.2. The van der Waals surface area contributed by atoms with Crippen LogP contribution in [0.1, 0.15) is 11.1 Å². The van der Waals surface area contributed by atoms with Crippen molar-refractivity contribution in [2.75, 3.05) is 27.9 Å². The number of carbonyl (C=O) groups excluding carboxylic acids is 1. The second-order valence-electron chi connectivity index (χ2n) is 6.21. The third kappa shape index (κ3) is 5.63. The lowest BCUT2D eigenvalue weighted by Crippen LogP contribution is -2.26. The summed E-state index contributed by atoms with van der Waals surface area (Å²) in [6.45, 7) is 0.242. The van der Waals surface area contributed by atoms with Crippen molar-refractivity contribution in [3.8, 4) is 29.1 Å². The van der Waals surface area contributed by atoms with Crippen molar-refractivity contribution in [3.05, 3.63) is 57.1 Å². The smallest absolute Gasteiger partial charge is 0.315 e. The van der Waals surface area contributed by atoms with Gasteiger partial charge in [0.1, 0.15) is 11.6 Å². The van der Waals surface area contributed by atoms with E-state index in [-0.39, 0.29) is 23.4 Å². The number of ether oxygens (including phenoxy) is 3. The fourth-order valence-corrected chi connectivity index (χ4v) is 2.76. The number of amides is 1. The molecule has 0 spiro atoms. The van der Waals surface area contributed by atoms with Gasteiger partial charge in [-0.05, 0) is 41.8 Å². The lowest BCUT2D eigenvalue weighted by Gasteiger charge is -2.10. The lowest BCUT2D eigenvalue weighted by molar-refractivity contribution is -0.386. The van der Waals surface area contributed by atoms with E-state index in [0.29, 0.717) is 17.9 Å². The first kappa shape index (κ1) is 23.0. The maximum absolute atomic E-state index is 12.4. The van der Waals surface area contributed by atoms with Crippen LogP contribution in [0.2, 0.25) is 0 Å². The number of nitrogens with one attached hydrogen (secondary N) is 1. The molecule has 2 aromatic carbocycles. The van der Waals surface area contributed by atoms with Gasteiger partial charge >= 0.3 is 5.69 Å². The molecule has 0 aliphatic rings. The number of hydrogen-bond donors (Lipinski definition) is 2. The van der Waals surface area contributed by atoms with E-state index in [1.807, 2.05) is 6.07 Å². The van der Waals surface area contributed by atoms with Crippen LogP contribution in [0.4, 0.5) is 5.69 Å². The van der Waals surface area contributed by atoms with Gasteiger partial charge in [-0.25, -0.2) is 0 Å². The Morgan fingerprint density at radius 3 is 2.42 bits per heavy atom. The molecule has 0 atom stereocenters. The van der Waals surface area contributed by atoms with Crippen LogP contribution in [0.5, 0.6) is 23.0 Å². The van der Waals surface area contributed by atoms with Crippen LogP contribution in [0, 0.1) is 21.4 Å². The molecule has 0 saturated carbocycles. The first-order chi connectivity index (χ1) is 14.8. The van der Waals surface area contributed by atoms with Crippen molar-refractivity contribution in [1.29, 1.82) is 5.26 Å². The Kier molecular flexibility index (Phi) is 7.80. The molecule has 1 amide bonds. The highest BCUT2D eigenvalue weighted by molar-refractivity contribution is 6.01. The number of phenolic OH excluding ortho intramolecular Hbond substituents is 1. The van der Waals surface area contributed by atoms with Crippen LogP contribution in [-0.2, 0) is 11.2 Å². The quantitative estimate of drug-likeness (QED) is 0.269. The Morgan fingerprint density at radius 2 is 1.84 bits per heavy atom. The van der Waals surface area contributed by atoms with Crippen molar-refractivity contribution in [1.82, 2.24) is 5.32 Å². The molecule has 31 heavy (non-hydrogen) atoms. The second-order valence-corrected chi connectivity index (χ2v) is 6.21. The minimum atomic E-state index is -0.787. The van der Waals surface area contributed by atoms with E-state index in [4.69, 9.17) is 14.2 Å². The Balaban J connectivity index is 2.14. The van der Waals surface area contributed by atoms with Crippen LogP contribution in [0.15, 0.2) is 35.9 Å². The van der Waals surface area contributed by atoms with E-state index in [1.54, 1.807) is 18.2 Å². The molecule has 2 N–H and O–H groups in total. The maximum atomic E-state index is 12.4. The van der Waals surface area contributed by atoms with Crippen molar-refractivity contribution < 1.29 is 29.0 Å². The molecular weight excluding hydrogens is 406 g/mol. The second kappa shape index (κ2) is 10.5. The van der Waals surface area contributed by atoms with E-state index in [9.17, 15) is 25.3 Å². The summed E-state index contributed by atoms with van der Waals surface area (Å²) < 4.78 is 15.3. The maximum Gasteiger partial charge on any atom is 0.315 e. The average Bonchev–Trinajstić information content (AvgIpc) is 2.77. The summed E-state index contributed by atoms with van der Waals surface area (Å²) in [6, 6.07) is 9.48. The average molecular weight is 427 g/mol. The Hall–Kier alpha value is -4.26. The molecule has 0 aliphatic heterocycles. The molecule has 2 rings (SSSR count). The number of phenols is 1. The predicted octanol–water partition coefficient (Wildman–Crippen LogP) is 2.59. The first-order valence-corrected chi connectivity index (χ1v) is 9.00. The minimum absolute atomic E-state index is 0.147. The third-order valence-corrected chi connectivity index (χ3v) is 4.32. The summed E-state index contributed by atoms with van der Waals surface area (Å²) in [6.07, 6.45) is 1.66. The van der Waals surface area contributed by atoms with Crippen LogP contribution in [0.25, 0.3) is 6.08 Å². The zero-order chi connectivity index (χ0) is 23.0. The highest BCUT2D eigenvalue weighted by atomic mass is 16.6. The number of hydrogen-bond acceptors (Lipinski definition) is 8. The number of aromatic hydroxyl groups is 1. The largest absolute Gasteiger partial charge is 0.500 e. The van der Waals surface area contributed by atoms with E-state index >= 15 is 0 Å². The molecule has 0 heterocycles. The fourth-order valence-electron chi connectivity index (χ4n) is 2.76. The highest BCUT2D eigenvalue weighted by Crippen LogP contribution is 2.37. The summed E-state index contributed by atoms with van der Waals surface area (Å²) >= 11 is 0. The Labute approximate surface area is 178 Å². The van der Waals surface area contributed by atoms with Gasteiger partial charge in [0.15, 0.2) is 17.2 Å². The van der Waals surface area contributed by atoms with E-state index in [2.05, 4.69) is 5.32 Å². The van der Waals surface area contributed by atoms with Crippen LogP contribution in [0.3, 0.4) is 0 Å². The lowest BCUT2D eigenvalue weighted by atomic mass is 10.1. The van der Waals surface area contributed by atoms with Gasteiger partial charge in [0.05, 0.1) is 26.3 Å². The summed E-state index contributed by atoms with van der Waals surface area (Å²) in [7, 11) is 4.29. The van der Waals surface area contributed by atoms with Crippen molar-refractivity contribution in [2.45, 2.75) is 6.42 Å². The number of carbonyl (C=O) groups is 1. The zero-order valence-electron chi connectivity index (χ0n) is 17.2. The van der Waals surface area contributed by atoms with Gasteiger partial charge in [-0.2, -0.15) is 5.26 Å². The van der Waals surface area contributed by atoms with Crippen LogP contribution in [-0.4, -0.2) is 43.8 Å². The van der Waals surface area contributed by atoms with Gasteiger partial charge in [-0.3, -0.25) is 14.9 Å². The molecule has 10 nitrogen and oxygen atoms in total. The van der Waals surface area contributed by atoms with Gasteiger partial charge in [0.25, 0.3) is 5.91 Å². The molecule has 162 valence electrons. The number of nitro groups is 1. The normalized spacial score (nSPS) is 10.7. The first-order valence-electron chi connectivity index (χ1n) is 9.00. The number of rotatable bonds is 9. The van der Waals surface area contributed by atoms with Crippen LogP contribution < -0.4 is 19.5 Å². The van der Waals surface area contributed by atoms with Crippen molar-refractivity contribution in [3.63, 3.8) is 0 Å². The van der Waals surface area contributed by atoms with E-state index in [0.717, 1.165) is 11.6 Å². The fraction of sp³-hybridized carbons (Fsp3) is 0.238. The van der Waals surface area contributed by atoms with Crippen LogP contribution >= 0.6 is 0 Å². The summed E-state index contributed by atoms with van der Waals surface area (Å²) in [5.74, 6) is -0.276. The minimum Gasteiger partial charge on any atom is -0.500 e.